The minimum absolute atomic E-state index is 0.143. The van der Waals surface area contributed by atoms with Gasteiger partial charge in [0.05, 0.1) is 11.5 Å². The van der Waals surface area contributed by atoms with E-state index < -0.39 is 0 Å². The summed E-state index contributed by atoms with van der Waals surface area (Å²) >= 11 is 5.23. The summed E-state index contributed by atoms with van der Waals surface area (Å²) in [4.78, 5) is 13.8. The number of halogens is 1. The fourth-order valence-corrected chi connectivity index (χ4v) is 3.40. The van der Waals surface area contributed by atoms with Crippen molar-refractivity contribution in [3.63, 3.8) is 0 Å². The minimum atomic E-state index is -0.253. The molecule has 1 unspecified atom stereocenters. The van der Waals surface area contributed by atoms with Crippen molar-refractivity contribution in [3.05, 3.63) is 20.3 Å². The van der Waals surface area contributed by atoms with Crippen molar-refractivity contribution in [3.8, 4) is 0 Å². The normalized spacial score (nSPS) is 24.3. The van der Waals surface area contributed by atoms with Crippen LogP contribution in [-0.4, -0.2) is 5.91 Å². The van der Waals surface area contributed by atoms with Crippen molar-refractivity contribution in [2.24, 2.45) is 5.41 Å². The molecular weight excluding hydrogens is 262 g/mol. The summed E-state index contributed by atoms with van der Waals surface area (Å²) in [6, 6.07) is 2.29. The monoisotopic (exact) mass is 273 g/mol. The van der Waals surface area contributed by atoms with Gasteiger partial charge in [0.25, 0.3) is 0 Å². The van der Waals surface area contributed by atoms with Crippen LogP contribution >= 0.6 is 27.3 Å². The molecule has 0 aromatic carbocycles. The van der Waals surface area contributed by atoms with Crippen molar-refractivity contribution in [2.45, 2.75) is 26.8 Å². The zero-order valence-electron chi connectivity index (χ0n) is 8.35. The molecule has 1 aliphatic rings. The molecule has 1 amide bonds. The molecule has 2 rings (SSSR count). The Morgan fingerprint density at radius 2 is 2.21 bits per heavy atom. The third kappa shape index (κ3) is 1.32. The number of aryl methyl sites for hydroxylation is 1. The fourth-order valence-electron chi connectivity index (χ4n) is 1.60. The molecule has 2 heterocycles. The number of nitrogens with one attached hydrogen (secondary N) is 1. The van der Waals surface area contributed by atoms with Crippen LogP contribution < -0.4 is 5.32 Å². The Kier molecular flexibility index (Phi) is 2.23. The summed E-state index contributed by atoms with van der Waals surface area (Å²) in [7, 11) is 0. The maximum absolute atomic E-state index is 11.3. The highest BCUT2D eigenvalue weighted by molar-refractivity contribution is 9.10. The smallest absolute Gasteiger partial charge is 0.228 e. The summed E-state index contributed by atoms with van der Waals surface area (Å²) in [5, 5.41) is 2.94. The van der Waals surface area contributed by atoms with Crippen LogP contribution in [0.2, 0.25) is 0 Å². The molecule has 1 aromatic rings. The van der Waals surface area contributed by atoms with Crippen LogP contribution in [0, 0.1) is 12.3 Å². The zero-order valence-corrected chi connectivity index (χ0v) is 10.8. The van der Waals surface area contributed by atoms with Crippen LogP contribution in [0.15, 0.2) is 10.5 Å². The van der Waals surface area contributed by atoms with Gasteiger partial charge in [-0.2, -0.15) is 0 Å². The lowest BCUT2D eigenvalue weighted by molar-refractivity contribution is -0.142. The SMILES string of the molecule is Cc1sc(C2NC(=O)C2(C)C)cc1Br. The first-order valence-corrected chi connectivity index (χ1v) is 6.10. The van der Waals surface area contributed by atoms with Gasteiger partial charge < -0.3 is 5.32 Å². The van der Waals surface area contributed by atoms with E-state index in [1.165, 1.54) is 9.75 Å². The van der Waals surface area contributed by atoms with E-state index in [-0.39, 0.29) is 17.4 Å². The Labute approximate surface area is 95.8 Å². The van der Waals surface area contributed by atoms with Crippen LogP contribution in [0.25, 0.3) is 0 Å². The predicted octanol–water partition coefficient (Wildman–Crippen LogP) is 3.02. The van der Waals surface area contributed by atoms with Gasteiger partial charge in [-0.3, -0.25) is 4.79 Å². The summed E-state index contributed by atoms with van der Waals surface area (Å²) in [6.07, 6.45) is 0. The first-order chi connectivity index (χ1) is 6.43. The Morgan fingerprint density at radius 3 is 2.57 bits per heavy atom. The first kappa shape index (κ1) is 10.2. The van der Waals surface area contributed by atoms with Gasteiger partial charge in [0.1, 0.15) is 0 Å². The molecule has 1 aromatic heterocycles. The van der Waals surface area contributed by atoms with E-state index >= 15 is 0 Å². The molecule has 1 saturated heterocycles. The first-order valence-electron chi connectivity index (χ1n) is 4.49. The molecule has 2 nitrogen and oxygen atoms in total. The van der Waals surface area contributed by atoms with Gasteiger partial charge in [-0.25, -0.2) is 0 Å². The van der Waals surface area contributed by atoms with E-state index in [0.29, 0.717) is 0 Å². The summed E-state index contributed by atoms with van der Waals surface area (Å²) in [5.74, 6) is 0.143. The zero-order chi connectivity index (χ0) is 10.5. The standard InChI is InChI=1S/C10H12BrNOS/c1-5-6(11)4-7(14-5)8-10(2,3)9(13)12-8/h4,8H,1-3H3,(H,12,13). The van der Waals surface area contributed by atoms with Crippen LogP contribution in [-0.2, 0) is 4.79 Å². The number of carbonyl (C=O) groups excluding carboxylic acids is 1. The van der Waals surface area contributed by atoms with Gasteiger partial charge >= 0.3 is 0 Å². The minimum Gasteiger partial charge on any atom is -0.347 e. The molecule has 1 atom stereocenters. The largest absolute Gasteiger partial charge is 0.347 e. The highest BCUT2D eigenvalue weighted by atomic mass is 79.9. The van der Waals surface area contributed by atoms with E-state index in [2.05, 4.69) is 34.2 Å². The lowest BCUT2D eigenvalue weighted by Gasteiger charge is -2.43. The van der Waals surface area contributed by atoms with E-state index in [1.54, 1.807) is 11.3 Å². The predicted molar refractivity (Wildman–Crippen MR) is 61.4 cm³/mol. The second kappa shape index (κ2) is 3.07. The van der Waals surface area contributed by atoms with Crippen LogP contribution in [0.4, 0.5) is 0 Å². The highest BCUT2D eigenvalue weighted by Gasteiger charge is 2.48. The van der Waals surface area contributed by atoms with E-state index in [0.717, 1.165) is 4.47 Å². The van der Waals surface area contributed by atoms with Gasteiger partial charge in [0.15, 0.2) is 0 Å². The molecule has 0 radical (unpaired) electrons. The molecule has 14 heavy (non-hydrogen) atoms. The highest BCUT2D eigenvalue weighted by Crippen LogP contribution is 2.45. The molecular formula is C10H12BrNOS. The van der Waals surface area contributed by atoms with Crippen LogP contribution in [0.3, 0.4) is 0 Å². The molecule has 1 aliphatic heterocycles. The summed E-state index contributed by atoms with van der Waals surface area (Å²) in [5.41, 5.74) is -0.253. The molecule has 4 heteroatoms. The van der Waals surface area contributed by atoms with Crippen molar-refractivity contribution in [1.82, 2.24) is 5.32 Å². The lowest BCUT2D eigenvalue weighted by atomic mass is 9.75. The van der Waals surface area contributed by atoms with Crippen LogP contribution in [0.5, 0.6) is 0 Å². The molecule has 1 N–H and O–H groups in total. The van der Waals surface area contributed by atoms with Gasteiger partial charge in [-0.1, -0.05) is 0 Å². The van der Waals surface area contributed by atoms with Crippen molar-refractivity contribution in [1.29, 1.82) is 0 Å². The molecule has 0 saturated carbocycles. The number of amides is 1. The maximum atomic E-state index is 11.3. The summed E-state index contributed by atoms with van der Waals surface area (Å²) in [6.45, 7) is 6.05. The van der Waals surface area contributed by atoms with Crippen molar-refractivity contribution in [2.75, 3.05) is 0 Å². The van der Waals surface area contributed by atoms with Crippen molar-refractivity contribution >= 4 is 33.2 Å². The van der Waals surface area contributed by atoms with Gasteiger partial charge in [-0.15, -0.1) is 11.3 Å². The average molecular weight is 274 g/mol. The molecule has 0 aliphatic carbocycles. The fraction of sp³-hybridized carbons (Fsp3) is 0.500. The van der Waals surface area contributed by atoms with Gasteiger partial charge in [0, 0.05) is 14.2 Å². The second-order valence-corrected chi connectivity index (χ2v) is 6.32. The van der Waals surface area contributed by atoms with E-state index in [1.807, 2.05) is 13.8 Å². The molecule has 1 fully saturated rings. The lowest BCUT2D eigenvalue weighted by Crippen LogP contribution is -2.57. The number of β-lactam (4-membered cyclic amide) rings is 1. The Morgan fingerprint density at radius 1 is 1.57 bits per heavy atom. The van der Waals surface area contributed by atoms with Crippen LogP contribution in [0.1, 0.15) is 29.6 Å². The average Bonchev–Trinajstić information content (AvgIpc) is 2.42. The summed E-state index contributed by atoms with van der Waals surface area (Å²) < 4.78 is 1.13. The Bertz CT molecular complexity index is 377. The van der Waals surface area contributed by atoms with Crippen molar-refractivity contribution < 1.29 is 4.79 Å². The number of hydrogen-bond donors (Lipinski definition) is 1. The van der Waals surface area contributed by atoms with E-state index in [4.69, 9.17) is 0 Å². The molecule has 76 valence electrons. The maximum Gasteiger partial charge on any atom is 0.228 e. The number of thiophene rings is 1. The Balaban J connectivity index is 2.30. The molecule has 0 bridgehead atoms. The number of carbonyl (C=O) groups is 1. The molecule has 0 spiro atoms. The quantitative estimate of drug-likeness (QED) is 0.784. The third-order valence-corrected chi connectivity index (χ3v) is 4.94. The third-order valence-electron chi connectivity index (χ3n) is 2.74. The topological polar surface area (TPSA) is 29.1 Å². The van der Waals surface area contributed by atoms with Gasteiger partial charge in [-0.05, 0) is 42.8 Å². The van der Waals surface area contributed by atoms with Gasteiger partial charge in [0.2, 0.25) is 5.91 Å². The second-order valence-electron chi connectivity index (χ2n) is 4.18. The number of rotatable bonds is 1. The number of hydrogen-bond acceptors (Lipinski definition) is 2. The van der Waals surface area contributed by atoms with E-state index in [9.17, 15) is 4.79 Å². The Hall–Kier alpha value is -0.350.